The van der Waals surface area contributed by atoms with E-state index in [-0.39, 0.29) is 5.91 Å². The van der Waals surface area contributed by atoms with Gasteiger partial charge < -0.3 is 20.1 Å². The molecule has 3 aromatic rings. The first-order valence-electron chi connectivity index (χ1n) is 12.0. The lowest BCUT2D eigenvalue weighted by Gasteiger charge is -2.45. The number of aromatic nitrogens is 2. The lowest BCUT2D eigenvalue weighted by Crippen LogP contribution is -2.60. The Morgan fingerprint density at radius 2 is 1.97 bits per heavy atom. The maximum absolute atomic E-state index is 12.8. The molecule has 2 N–H and O–H groups in total. The zero-order chi connectivity index (χ0) is 24.2. The number of pyridine rings is 2. The Kier molecular flexibility index (Phi) is 5.36. The van der Waals surface area contributed by atoms with E-state index in [1.807, 2.05) is 42.2 Å². The van der Waals surface area contributed by atoms with Gasteiger partial charge in [0.2, 0.25) is 5.91 Å². The molecule has 9 heteroatoms. The van der Waals surface area contributed by atoms with E-state index in [1.54, 1.807) is 12.4 Å². The average Bonchev–Trinajstić information content (AvgIpc) is 3.08. The van der Waals surface area contributed by atoms with Crippen molar-refractivity contribution in [2.75, 3.05) is 49.5 Å². The van der Waals surface area contributed by atoms with Crippen molar-refractivity contribution in [3.05, 3.63) is 53.3 Å². The normalized spacial score (nSPS) is 20.5. The molecule has 3 aliphatic heterocycles. The van der Waals surface area contributed by atoms with Gasteiger partial charge in [0.15, 0.2) is 5.82 Å². The second-order valence-electron chi connectivity index (χ2n) is 10.1. The van der Waals surface area contributed by atoms with Crippen LogP contribution in [0.1, 0.15) is 25.3 Å². The summed E-state index contributed by atoms with van der Waals surface area (Å²) < 4.78 is 6.03. The maximum atomic E-state index is 12.8. The smallest absolute Gasteiger partial charge is 0.235 e. The Labute approximate surface area is 208 Å². The molecule has 2 fully saturated rings. The number of likely N-dealkylation sites (tertiary alicyclic amines) is 1. The van der Waals surface area contributed by atoms with Crippen molar-refractivity contribution < 1.29 is 14.6 Å². The number of nitrogens with zero attached hydrogens (tertiary/aromatic N) is 4. The quantitative estimate of drug-likeness (QED) is 0.564. The standard InChI is InChI=1S/C26H28ClN5O3/c1-25(34)15-32(16-25)23-22-17(4-7-28-23)12-19(14-29-22)35-11-10-31-8-5-26(6-9-31)20-13-18(27)2-3-21(20)30-24(26)33/h2-4,7,12-14,34H,5-6,8-11,15-16H2,1H3,(H,30,33). The molecule has 0 aliphatic carbocycles. The summed E-state index contributed by atoms with van der Waals surface area (Å²) in [5.41, 5.74) is 1.59. The Morgan fingerprint density at radius 3 is 2.74 bits per heavy atom. The Hall–Kier alpha value is -2.94. The molecule has 1 spiro atoms. The predicted molar refractivity (Wildman–Crippen MR) is 135 cm³/mol. The SMILES string of the molecule is CC1(O)CN(c2nccc3cc(OCCN4CCC5(CC4)C(=O)Nc4ccc(Cl)cc45)cnc23)C1. The van der Waals surface area contributed by atoms with Crippen molar-refractivity contribution in [1.29, 1.82) is 0 Å². The molecule has 5 heterocycles. The van der Waals surface area contributed by atoms with E-state index in [0.29, 0.717) is 24.7 Å². The van der Waals surface area contributed by atoms with Gasteiger partial charge in [0, 0.05) is 41.9 Å². The average molecular weight is 494 g/mol. The highest BCUT2D eigenvalue weighted by molar-refractivity contribution is 6.31. The molecule has 0 bridgehead atoms. The number of β-amino-alcohol motifs (C(OH)–C–C–N with tert-alkyl or cyclic N) is 1. The summed E-state index contributed by atoms with van der Waals surface area (Å²) >= 11 is 6.22. The first kappa shape index (κ1) is 22.5. The highest BCUT2D eigenvalue weighted by Crippen LogP contribution is 2.45. The largest absolute Gasteiger partial charge is 0.491 e. The summed E-state index contributed by atoms with van der Waals surface area (Å²) in [6.45, 7) is 5.91. The van der Waals surface area contributed by atoms with Crippen molar-refractivity contribution in [2.45, 2.75) is 30.8 Å². The minimum Gasteiger partial charge on any atom is -0.491 e. The summed E-state index contributed by atoms with van der Waals surface area (Å²) in [6, 6.07) is 9.57. The molecular weight excluding hydrogens is 466 g/mol. The number of rotatable bonds is 5. The van der Waals surface area contributed by atoms with Gasteiger partial charge in [-0.1, -0.05) is 11.6 Å². The van der Waals surface area contributed by atoms with E-state index >= 15 is 0 Å². The molecule has 8 nitrogen and oxygen atoms in total. The number of aliphatic hydroxyl groups is 1. The van der Waals surface area contributed by atoms with E-state index < -0.39 is 11.0 Å². The number of carbonyl (C=O) groups excluding carboxylic acids is 1. The summed E-state index contributed by atoms with van der Waals surface area (Å²) in [5.74, 6) is 1.60. The van der Waals surface area contributed by atoms with Crippen LogP contribution in [-0.4, -0.2) is 70.8 Å². The van der Waals surface area contributed by atoms with Crippen molar-refractivity contribution in [2.24, 2.45) is 0 Å². The molecule has 182 valence electrons. The highest BCUT2D eigenvalue weighted by Gasteiger charge is 2.48. The second-order valence-corrected chi connectivity index (χ2v) is 10.6. The van der Waals surface area contributed by atoms with Crippen molar-refractivity contribution in [1.82, 2.24) is 14.9 Å². The van der Waals surface area contributed by atoms with Gasteiger partial charge in [-0.3, -0.25) is 9.69 Å². The highest BCUT2D eigenvalue weighted by atomic mass is 35.5. The number of fused-ring (bicyclic) bond motifs is 3. The topological polar surface area (TPSA) is 90.8 Å². The lowest BCUT2D eigenvalue weighted by atomic mass is 9.73. The lowest BCUT2D eigenvalue weighted by molar-refractivity contribution is -0.122. The zero-order valence-electron chi connectivity index (χ0n) is 19.6. The molecule has 6 rings (SSSR count). The molecular formula is C26H28ClN5O3. The molecule has 0 unspecified atom stereocenters. The van der Waals surface area contributed by atoms with Gasteiger partial charge in [0.25, 0.3) is 0 Å². The molecule has 3 aliphatic rings. The molecule has 0 atom stereocenters. The number of carbonyl (C=O) groups is 1. The van der Waals surface area contributed by atoms with Crippen LogP contribution < -0.4 is 15.0 Å². The first-order chi connectivity index (χ1) is 16.8. The number of amides is 1. The molecule has 1 aromatic carbocycles. The molecule has 0 radical (unpaired) electrons. The predicted octanol–water partition coefficient (Wildman–Crippen LogP) is 3.22. The number of ether oxygens (including phenoxy) is 1. The zero-order valence-corrected chi connectivity index (χ0v) is 20.4. The van der Waals surface area contributed by atoms with Crippen LogP contribution in [0, 0.1) is 0 Å². The Bertz CT molecular complexity index is 1300. The fourth-order valence-corrected chi connectivity index (χ4v) is 5.77. The fraction of sp³-hybridized carbons (Fsp3) is 0.423. The number of hydrogen-bond acceptors (Lipinski definition) is 7. The van der Waals surface area contributed by atoms with Crippen LogP contribution in [0.2, 0.25) is 5.02 Å². The molecule has 2 saturated heterocycles. The van der Waals surface area contributed by atoms with Gasteiger partial charge in [0.05, 0.1) is 17.2 Å². The van der Waals surface area contributed by atoms with Gasteiger partial charge in [-0.25, -0.2) is 9.97 Å². The van der Waals surface area contributed by atoms with E-state index in [1.165, 1.54) is 0 Å². The third-order valence-electron chi connectivity index (χ3n) is 7.48. The van der Waals surface area contributed by atoms with Crippen LogP contribution in [0.25, 0.3) is 10.9 Å². The monoisotopic (exact) mass is 493 g/mol. The van der Waals surface area contributed by atoms with Gasteiger partial charge in [0.1, 0.15) is 17.9 Å². The number of benzene rings is 1. The number of halogens is 1. The third kappa shape index (κ3) is 3.99. The van der Waals surface area contributed by atoms with E-state index in [9.17, 15) is 9.90 Å². The van der Waals surface area contributed by atoms with Gasteiger partial charge in [-0.05, 0) is 68.8 Å². The van der Waals surface area contributed by atoms with Gasteiger partial charge in [-0.2, -0.15) is 0 Å². The summed E-state index contributed by atoms with van der Waals surface area (Å²) in [4.78, 5) is 26.3. The summed E-state index contributed by atoms with van der Waals surface area (Å²) in [6.07, 6.45) is 5.04. The molecule has 2 aromatic heterocycles. The molecule has 1 amide bonds. The van der Waals surface area contributed by atoms with Crippen LogP contribution in [-0.2, 0) is 10.2 Å². The third-order valence-corrected chi connectivity index (χ3v) is 7.72. The van der Waals surface area contributed by atoms with Crippen LogP contribution in [0.15, 0.2) is 42.7 Å². The van der Waals surface area contributed by atoms with E-state index in [4.69, 9.17) is 16.3 Å². The van der Waals surface area contributed by atoms with Crippen LogP contribution >= 0.6 is 11.6 Å². The maximum Gasteiger partial charge on any atom is 0.235 e. The van der Waals surface area contributed by atoms with Crippen molar-refractivity contribution in [3.63, 3.8) is 0 Å². The van der Waals surface area contributed by atoms with E-state index in [2.05, 4.69) is 20.2 Å². The fourth-order valence-electron chi connectivity index (χ4n) is 5.59. The number of anilines is 2. The minimum absolute atomic E-state index is 0.0867. The van der Waals surface area contributed by atoms with Gasteiger partial charge in [-0.15, -0.1) is 0 Å². The van der Waals surface area contributed by atoms with Crippen LogP contribution in [0.4, 0.5) is 11.5 Å². The first-order valence-corrected chi connectivity index (χ1v) is 12.4. The molecule has 0 saturated carbocycles. The number of piperidine rings is 1. The summed E-state index contributed by atoms with van der Waals surface area (Å²) in [5, 5.41) is 14.7. The Balaban J connectivity index is 1.06. The van der Waals surface area contributed by atoms with Crippen LogP contribution in [0.3, 0.4) is 0 Å². The molecule has 35 heavy (non-hydrogen) atoms. The van der Waals surface area contributed by atoms with Crippen LogP contribution in [0.5, 0.6) is 5.75 Å². The Morgan fingerprint density at radius 1 is 1.17 bits per heavy atom. The summed E-state index contributed by atoms with van der Waals surface area (Å²) in [7, 11) is 0. The van der Waals surface area contributed by atoms with Gasteiger partial charge >= 0.3 is 0 Å². The number of nitrogens with one attached hydrogen (secondary N) is 1. The van der Waals surface area contributed by atoms with Crippen molar-refractivity contribution in [3.8, 4) is 5.75 Å². The number of hydrogen-bond donors (Lipinski definition) is 2. The minimum atomic E-state index is -0.668. The van der Waals surface area contributed by atoms with E-state index in [0.717, 1.165) is 66.2 Å². The van der Waals surface area contributed by atoms with Crippen molar-refractivity contribution >= 4 is 39.9 Å². The second kappa shape index (κ2) is 8.33.